The van der Waals surface area contributed by atoms with Gasteiger partial charge in [-0.3, -0.25) is 9.91 Å². The van der Waals surface area contributed by atoms with Crippen molar-refractivity contribution in [2.75, 3.05) is 33.7 Å². The van der Waals surface area contributed by atoms with Crippen molar-refractivity contribution in [3.05, 3.63) is 70.5 Å². The molecule has 2 aromatic rings. The molecule has 4 nitrogen and oxygen atoms in total. The average molecular weight is 403 g/mol. The summed E-state index contributed by atoms with van der Waals surface area (Å²) in [5, 5.41) is 7.64. The fraction of sp³-hybridized carbons (Fsp3) is 0.409. The van der Waals surface area contributed by atoms with E-state index in [0.717, 1.165) is 43.0 Å². The van der Waals surface area contributed by atoms with Gasteiger partial charge in [-0.25, -0.2) is 4.39 Å². The Morgan fingerprint density at radius 3 is 2.61 bits per heavy atom. The topological polar surface area (TPSA) is 22.1 Å². The Morgan fingerprint density at radius 2 is 1.93 bits per heavy atom. The zero-order valence-electron chi connectivity index (χ0n) is 16.8. The van der Waals surface area contributed by atoms with Crippen molar-refractivity contribution < 1.29 is 4.39 Å². The first-order valence-electron chi connectivity index (χ1n) is 9.72. The Kier molecular flexibility index (Phi) is 6.92. The monoisotopic (exact) mass is 402 g/mol. The second-order valence-electron chi connectivity index (χ2n) is 7.32. The summed E-state index contributed by atoms with van der Waals surface area (Å²) in [5.41, 5.74) is 2.10. The van der Waals surface area contributed by atoms with E-state index in [9.17, 15) is 4.39 Å². The third-order valence-corrected chi connectivity index (χ3v) is 5.26. The van der Waals surface area contributed by atoms with E-state index in [1.54, 1.807) is 12.1 Å². The molecule has 0 N–H and O–H groups in total. The summed E-state index contributed by atoms with van der Waals surface area (Å²) in [7, 11) is 4.09. The molecule has 1 fully saturated rings. The Balaban J connectivity index is 1.98. The maximum atomic E-state index is 13.7. The van der Waals surface area contributed by atoms with Crippen LogP contribution >= 0.6 is 11.6 Å². The highest BCUT2D eigenvalue weighted by Crippen LogP contribution is 2.30. The molecule has 1 aliphatic rings. The molecule has 6 heteroatoms. The SMILES string of the molecule is CCCN(C)N=C1C(c2ccc(Cl)cc2)N(Cc2cccc(F)c2)CCN1C. The molecule has 28 heavy (non-hydrogen) atoms. The van der Waals surface area contributed by atoms with E-state index in [0.29, 0.717) is 11.6 Å². The molecule has 1 atom stereocenters. The Labute approximate surface area is 172 Å². The van der Waals surface area contributed by atoms with Gasteiger partial charge in [-0.2, -0.15) is 5.10 Å². The van der Waals surface area contributed by atoms with Gasteiger partial charge in [-0.1, -0.05) is 42.8 Å². The minimum Gasteiger partial charge on any atom is -0.359 e. The van der Waals surface area contributed by atoms with E-state index in [1.165, 1.54) is 6.07 Å². The predicted octanol–water partition coefficient (Wildman–Crippen LogP) is 4.62. The standard InChI is InChI=1S/C22H28ClFN4/c1-4-12-27(3)25-22-21(18-8-10-19(23)11-9-18)28(14-13-26(22)2)16-17-6-5-7-20(24)15-17/h5-11,15,21H,4,12-14,16H2,1-3H3. The number of hydrogen-bond acceptors (Lipinski definition) is 3. The summed E-state index contributed by atoms with van der Waals surface area (Å²) in [5.74, 6) is 0.798. The lowest BCUT2D eigenvalue weighted by molar-refractivity contribution is 0.171. The second kappa shape index (κ2) is 9.39. The van der Waals surface area contributed by atoms with Crippen LogP contribution in [0.5, 0.6) is 0 Å². The smallest absolute Gasteiger partial charge is 0.146 e. The van der Waals surface area contributed by atoms with Crippen LogP contribution in [0.1, 0.15) is 30.5 Å². The second-order valence-corrected chi connectivity index (χ2v) is 7.75. The normalized spacial score (nSPS) is 19.2. The highest BCUT2D eigenvalue weighted by atomic mass is 35.5. The number of piperazine rings is 1. The number of hydrazone groups is 1. The number of likely N-dealkylation sites (N-methyl/N-ethyl adjacent to an activating group) is 1. The Morgan fingerprint density at radius 1 is 1.18 bits per heavy atom. The summed E-state index contributed by atoms with van der Waals surface area (Å²) in [4.78, 5) is 4.57. The van der Waals surface area contributed by atoms with E-state index < -0.39 is 0 Å². The molecule has 0 aromatic heterocycles. The van der Waals surface area contributed by atoms with E-state index >= 15 is 0 Å². The molecule has 0 spiro atoms. The van der Waals surface area contributed by atoms with Gasteiger partial charge in [-0.15, -0.1) is 0 Å². The summed E-state index contributed by atoms with van der Waals surface area (Å²) < 4.78 is 13.7. The van der Waals surface area contributed by atoms with Gasteiger partial charge < -0.3 is 4.90 Å². The highest BCUT2D eigenvalue weighted by Gasteiger charge is 2.33. The zero-order valence-corrected chi connectivity index (χ0v) is 17.5. The molecular weight excluding hydrogens is 375 g/mol. The van der Waals surface area contributed by atoms with Gasteiger partial charge in [0.2, 0.25) is 0 Å². The Bertz CT molecular complexity index is 808. The highest BCUT2D eigenvalue weighted by molar-refractivity contribution is 6.30. The van der Waals surface area contributed by atoms with Crippen LogP contribution in [0, 0.1) is 5.82 Å². The first-order valence-corrected chi connectivity index (χ1v) is 10.1. The van der Waals surface area contributed by atoms with Crippen LogP contribution in [0.2, 0.25) is 5.02 Å². The first-order chi connectivity index (χ1) is 13.5. The lowest BCUT2D eigenvalue weighted by atomic mass is 10.00. The molecule has 1 aliphatic heterocycles. The molecule has 1 saturated heterocycles. The van der Waals surface area contributed by atoms with Crippen LogP contribution in [0.25, 0.3) is 0 Å². The van der Waals surface area contributed by atoms with Crippen LogP contribution in [0.4, 0.5) is 4.39 Å². The third-order valence-electron chi connectivity index (χ3n) is 5.00. The molecule has 3 rings (SSSR count). The molecule has 0 aliphatic carbocycles. The number of nitrogens with zero attached hydrogens (tertiary/aromatic N) is 4. The first kappa shape index (κ1) is 20.6. The maximum Gasteiger partial charge on any atom is 0.146 e. The number of hydrogen-bond donors (Lipinski definition) is 0. The van der Waals surface area contributed by atoms with Crippen molar-refractivity contribution in [2.45, 2.75) is 25.9 Å². The van der Waals surface area contributed by atoms with Crippen molar-refractivity contribution in [2.24, 2.45) is 5.10 Å². The van der Waals surface area contributed by atoms with Crippen LogP contribution in [-0.2, 0) is 6.54 Å². The fourth-order valence-corrected chi connectivity index (χ4v) is 3.74. The number of halogens is 2. The number of amidine groups is 1. The number of benzene rings is 2. The predicted molar refractivity (Wildman–Crippen MR) is 114 cm³/mol. The van der Waals surface area contributed by atoms with Crippen molar-refractivity contribution >= 4 is 17.4 Å². The van der Waals surface area contributed by atoms with E-state index in [2.05, 4.69) is 35.9 Å². The summed E-state index contributed by atoms with van der Waals surface area (Å²) in [6, 6.07) is 14.8. The molecule has 1 heterocycles. The minimum atomic E-state index is -0.203. The molecule has 150 valence electrons. The number of rotatable bonds is 6. The minimum absolute atomic E-state index is 0.0152. The van der Waals surface area contributed by atoms with Gasteiger partial charge in [0.1, 0.15) is 11.7 Å². The quantitative estimate of drug-likeness (QED) is 0.658. The molecule has 0 saturated carbocycles. The van der Waals surface area contributed by atoms with Gasteiger partial charge in [0.25, 0.3) is 0 Å². The molecule has 0 bridgehead atoms. The fourth-order valence-electron chi connectivity index (χ4n) is 3.62. The van der Waals surface area contributed by atoms with E-state index in [-0.39, 0.29) is 11.9 Å². The van der Waals surface area contributed by atoms with Crippen molar-refractivity contribution in [1.82, 2.24) is 14.8 Å². The van der Waals surface area contributed by atoms with Crippen LogP contribution in [0.15, 0.2) is 53.6 Å². The largest absolute Gasteiger partial charge is 0.359 e. The molecule has 2 aromatic carbocycles. The van der Waals surface area contributed by atoms with E-state index in [1.807, 2.05) is 30.3 Å². The van der Waals surface area contributed by atoms with Crippen molar-refractivity contribution in [1.29, 1.82) is 0 Å². The van der Waals surface area contributed by atoms with Gasteiger partial charge in [0.15, 0.2) is 0 Å². The van der Waals surface area contributed by atoms with Gasteiger partial charge in [0, 0.05) is 45.3 Å². The lowest BCUT2D eigenvalue weighted by Gasteiger charge is -2.42. The molecular formula is C22H28ClFN4. The maximum absolute atomic E-state index is 13.7. The molecule has 1 unspecified atom stereocenters. The van der Waals surface area contributed by atoms with Crippen LogP contribution in [-0.4, -0.2) is 54.4 Å². The van der Waals surface area contributed by atoms with Crippen molar-refractivity contribution in [3.8, 4) is 0 Å². The van der Waals surface area contributed by atoms with Gasteiger partial charge >= 0.3 is 0 Å². The molecule has 0 radical (unpaired) electrons. The van der Waals surface area contributed by atoms with Crippen molar-refractivity contribution in [3.63, 3.8) is 0 Å². The molecule has 0 amide bonds. The third kappa shape index (κ3) is 5.03. The lowest BCUT2D eigenvalue weighted by Crippen LogP contribution is -2.51. The summed E-state index contributed by atoms with van der Waals surface area (Å²) >= 11 is 6.12. The van der Waals surface area contributed by atoms with Crippen LogP contribution < -0.4 is 0 Å². The van der Waals surface area contributed by atoms with Gasteiger partial charge in [0.05, 0.1) is 6.04 Å². The summed E-state index contributed by atoms with van der Waals surface area (Å²) in [6.07, 6.45) is 1.04. The van der Waals surface area contributed by atoms with Crippen LogP contribution in [0.3, 0.4) is 0 Å². The average Bonchev–Trinajstić information content (AvgIpc) is 2.66. The zero-order chi connectivity index (χ0) is 20.1. The Hall–Kier alpha value is -2.11. The van der Waals surface area contributed by atoms with E-state index in [4.69, 9.17) is 16.7 Å². The summed E-state index contributed by atoms with van der Waals surface area (Å²) in [6.45, 7) is 5.45. The van der Waals surface area contributed by atoms with Gasteiger partial charge in [-0.05, 0) is 41.8 Å².